The lowest BCUT2D eigenvalue weighted by atomic mass is 10.1. The Morgan fingerprint density at radius 3 is 2.78 bits per heavy atom. The summed E-state index contributed by atoms with van der Waals surface area (Å²) in [6.45, 7) is 3.11. The molecule has 1 saturated heterocycles. The first-order chi connectivity index (χ1) is 11.1. The molecule has 1 aliphatic rings. The van der Waals surface area contributed by atoms with Gasteiger partial charge in [0, 0.05) is 25.6 Å². The number of hydrogen-bond donors (Lipinski definition) is 1. The van der Waals surface area contributed by atoms with Gasteiger partial charge >= 0.3 is 0 Å². The number of nitrogens with one attached hydrogen (secondary N) is 1. The number of methoxy groups -OCH3 is 2. The van der Waals surface area contributed by atoms with Gasteiger partial charge < -0.3 is 19.7 Å². The molecule has 0 spiro atoms. The second-order valence-corrected chi connectivity index (χ2v) is 5.59. The zero-order valence-electron chi connectivity index (χ0n) is 13.9. The molecular formula is C17H24N2O4. The lowest BCUT2D eigenvalue weighted by Crippen LogP contribution is -2.33. The minimum atomic E-state index is -0.314. The maximum Gasteiger partial charge on any atom is 0.227 e. The molecule has 2 amide bonds. The average Bonchev–Trinajstić information content (AvgIpc) is 2.96. The first-order valence-corrected chi connectivity index (χ1v) is 7.90. The topological polar surface area (TPSA) is 67.9 Å². The first-order valence-electron chi connectivity index (χ1n) is 7.90. The molecule has 1 fully saturated rings. The van der Waals surface area contributed by atoms with E-state index in [9.17, 15) is 9.59 Å². The highest BCUT2D eigenvalue weighted by atomic mass is 16.5. The van der Waals surface area contributed by atoms with Crippen LogP contribution in [0.15, 0.2) is 18.2 Å². The second-order valence-electron chi connectivity index (χ2n) is 5.59. The maximum absolute atomic E-state index is 12.3. The van der Waals surface area contributed by atoms with Gasteiger partial charge in [-0.1, -0.05) is 13.3 Å². The summed E-state index contributed by atoms with van der Waals surface area (Å²) >= 11 is 0. The van der Waals surface area contributed by atoms with Crippen molar-refractivity contribution < 1.29 is 19.1 Å². The van der Waals surface area contributed by atoms with E-state index >= 15 is 0 Å². The SMILES string of the molecule is CCCCNC(=O)C1CC(=O)N(c2ccc(OC)cc2OC)C1. The van der Waals surface area contributed by atoms with Gasteiger partial charge in [0.25, 0.3) is 0 Å². The van der Waals surface area contributed by atoms with Crippen molar-refractivity contribution in [2.24, 2.45) is 5.92 Å². The van der Waals surface area contributed by atoms with Crippen molar-refractivity contribution in [2.75, 3.05) is 32.2 Å². The molecule has 0 aliphatic carbocycles. The number of ether oxygens (including phenoxy) is 2. The highest BCUT2D eigenvalue weighted by Gasteiger charge is 2.36. The maximum atomic E-state index is 12.3. The minimum Gasteiger partial charge on any atom is -0.497 e. The number of anilines is 1. The monoisotopic (exact) mass is 320 g/mol. The Labute approximate surface area is 136 Å². The van der Waals surface area contributed by atoms with Gasteiger partial charge in [-0.05, 0) is 18.6 Å². The van der Waals surface area contributed by atoms with Crippen molar-refractivity contribution in [2.45, 2.75) is 26.2 Å². The van der Waals surface area contributed by atoms with Crippen LogP contribution in [0.3, 0.4) is 0 Å². The molecule has 0 radical (unpaired) electrons. The van der Waals surface area contributed by atoms with Crippen LogP contribution in [0.25, 0.3) is 0 Å². The van der Waals surface area contributed by atoms with E-state index in [4.69, 9.17) is 9.47 Å². The zero-order valence-corrected chi connectivity index (χ0v) is 13.9. The summed E-state index contributed by atoms with van der Waals surface area (Å²) in [6, 6.07) is 5.30. The number of hydrogen-bond acceptors (Lipinski definition) is 4. The second kappa shape index (κ2) is 7.85. The largest absolute Gasteiger partial charge is 0.497 e. The van der Waals surface area contributed by atoms with Crippen LogP contribution in [0.1, 0.15) is 26.2 Å². The minimum absolute atomic E-state index is 0.0539. The van der Waals surface area contributed by atoms with Crippen LogP contribution in [0, 0.1) is 5.92 Å². The summed E-state index contributed by atoms with van der Waals surface area (Å²) in [5.74, 6) is 0.785. The predicted octanol–water partition coefficient (Wildman–Crippen LogP) is 1.97. The van der Waals surface area contributed by atoms with E-state index in [1.165, 1.54) is 0 Å². The molecule has 1 aromatic rings. The van der Waals surface area contributed by atoms with Gasteiger partial charge in [0.15, 0.2) is 0 Å². The average molecular weight is 320 g/mol. The molecule has 23 heavy (non-hydrogen) atoms. The quantitative estimate of drug-likeness (QED) is 0.780. The van der Waals surface area contributed by atoms with Gasteiger partial charge in [-0.3, -0.25) is 9.59 Å². The van der Waals surface area contributed by atoms with Crippen molar-refractivity contribution in [1.29, 1.82) is 0 Å². The molecule has 6 nitrogen and oxygen atoms in total. The van der Waals surface area contributed by atoms with Gasteiger partial charge in [-0.25, -0.2) is 0 Å². The third-order valence-electron chi connectivity index (χ3n) is 4.00. The molecule has 1 aliphatic heterocycles. The third-order valence-corrected chi connectivity index (χ3v) is 4.00. The number of nitrogens with zero attached hydrogens (tertiary/aromatic N) is 1. The molecule has 1 unspecified atom stereocenters. The molecule has 0 saturated carbocycles. The lowest BCUT2D eigenvalue weighted by Gasteiger charge is -2.20. The normalized spacial score (nSPS) is 17.3. The number of unbranched alkanes of at least 4 members (excludes halogenated alkanes) is 1. The molecule has 1 atom stereocenters. The van der Waals surface area contributed by atoms with Crippen molar-refractivity contribution in [3.63, 3.8) is 0 Å². The van der Waals surface area contributed by atoms with Gasteiger partial charge in [0.1, 0.15) is 11.5 Å². The summed E-state index contributed by atoms with van der Waals surface area (Å²) in [5, 5.41) is 2.90. The Morgan fingerprint density at radius 1 is 1.35 bits per heavy atom. The van der Waals surface area contributed by atoms with Crippen LogP contribution < -0.4 is 19.7 Å². The number of amides is 2. The van der Waals surface area contributed by atoms with Crippen LogP contribution >= 0.6 is 0 Å². The van der Waals surface area contributed by atoms with E-state index < -0.39 is 0 Å². The number of carbonyl (C=O) groups is 2. The molecule has 6 heteroatoms. The summed E-state index contributed by atoms with van der Waals surface area (Å²) in [4.78, 5) is 26.1. The first kappa shape index (κ1) is 17.1. The standard InChI is InChI=1S/C17H24N2O4/c1-4-5-8-18-17(21)12-9-16(20)19(11-12)14-7-6-13(22-2)10-15(14)23-3/h6-7,10,12H,4-5,8-9,11H2,1-3H3,(H,18,21). The van der Waals surface area contributed by atoms with E-state index in [2.05, 4.69) is 12.2 Å². The van der Waals surface area contributed by atoms with E-state index in [1.54, 1.807) is 37.3 Å². The Bertz CT molecular complexity index is 574. The highest BCUT2D eigenvalue weighted by molar-refractivity contribution is 6.01. The summed E-state index contributed by atoms with van der Waals surface area (Å²) in [6.07, 6.45) is 2.20. The Balaban J connectivity index is 2.09. The van der Waals surface area contributed by atoms with Crippen molar-refractivity contribution in [3.8, 4) is 11.5 Å². The smallest absolute Gasteiger partial charge is 0.227 e. The Morgan fingerprint density at radius 2 is 2.13 bits per heavy atom. The van der Waals surface area contributed by atoms with Crippen LogP contribution in [-0.2, 0) is 9.59 Å². The molecule has 2 rings (SSSR count). The predicted molar refractivity (Wildman–Crippen MR) is 87.9 cm³/mol. The van der Waals surface area contributed by atoms with Crippen molar-refractivity contribution in [1.82, 2.24) is 5.32 Å². The van der Waals surface area contributed by atoms with E-state index in [-0.39, 0.29) is 24.2 Å². The lowest BCUT2D eigenvalue weighted by molar-refractivity contribution is -0.126. The van der Waals surface area contributed by atoms with Crippen molar-refractivity contribution >= 4 is 17.5 Å². The zero-order chi connectivity index (χ0) is 16.8. The van der Waals surface area contributed by atoms with Crippen molar-refractivity contribution in [3.05, 3.63) is 18.2 Å². The third kappa shape index (κ3) is 3.94. The fourth-order valence-corrected chi connectivity index (χ4v) is 2.66. The number of carbonyl (C=O) groups excluding carboxylic acids is 2. The Kier molecular flexibility index (Phi) is 5.84. The molecule has 1 aromatic carbocycles. The molecule has 1 N–H and O–H groups in total. The van der Waals surface area contributed by atoms with Gasteiger partial charge in [-0.2, -0.15) is 0 Å². The number of rotatable bonds is 7. The van der Waals surface area contributed by atoms with E-state index in [0.29, 0.717) is 30.3 Å². The Hall–Kier alpha value is -2.24. The van der Waals surface area contributed by atoms with Crippen LogP contribution in [0.4, 0.5) is 5.69 Å². The van der Waals surface area contributed by atoms with E-state index in [0.717, 1.165) is 12.8 Å². The van der Waals surface area contributed by atoms with Gasteiger partial charge in [0.05, 0.1) is 25.8 Å². The number of benzene rings is 1. The van der Waals surface area contributed by atoms with Crippen LogP contribution in [-0.4, -0.2) is 39.1 Å². The van der Waals surface area contributed by atoms with Gasteiger partial charge in [-0.15, -0.1) is 0 Å². The summed E-state index contributed by atoms with van der Waals surface area (Å²) < 4.78 is 10.5. The van der Waals surface area contributed by atoms with Crippen LogP contribution in [0.5, 0.6) is 11.5 Å². The molecule has 1 heterocycles. The fourth-order valence-electron chi connectivity index (χ4n) is 2.66. The van der Waals surface area contributed by atoms with Gasteiger partial charge in [0.2, 0.25) is 11.8 Å². The highest BCUT2D eigenvalue weighted by Crippen LogP contribution is 2.35. The fraction of sp³-hybridized carbons (Fsp3) is 0.529. The van der Waals surface area contributed by atoms with E-state index in [1.807, 2.05) is 0 Å². The summed E-state index contributed by atoms with van der Waals surface area (Å²) in [5.41, 5.74) is 0.669. The van der Waals surface area contributed by atoms with Crippen LogP contribution in [0.2, 0.25) is 0 Å². The molecular weight excluding hydrogens is 296 g/mol. The summed E-state index contributed by atoms with van der Waals surface area (Å²) in [7, 11) is 3.12. The molecule has 0 bridgehead atoms. The molecule has 126 valence electrons. The molecule has 0 aromatic heterocycles.